The summed E-state index contributed by atoms with van der Waals surface area (Å²) in [6.07, 6.45) is 1.64. The number of carbonyl (C=O) groups excluding carboxylic acids is 2. The first kappa shape index (κ1) is 19.2. The first-order valence-electron chi connectivity index (χ1n) is 9.20. The molecule has 0 bridgehead atoms. The molecule has 7 nitrogen and oxygen atoms in total. The van der Waals surface area contributed by atoms with Gasteiger partial charge in [-0.3, -0.25) is 0 Å². The number of hydrogen-bond acceptors (Lipinski definition) is 6. The van der Waals surface area contributed by atoms with Crippen LogP contribution in [0.15, 0.2) is 83.4 Å². The lowest BCUT2D eigenvalue weighted by Gasteiger charge is -2.03. The fraction of sp³-hybridized carbons (Fsp3) is 0.0870. The molecule has 0 aliphatic carbocycles. The van der Waals surface area contributed by atoms with Gasteiger partial charge < -0.3 is 13.9 Å². The Morgan fingerprint density at radius 2 is 1.63 bits per heavy atom. The highest BCUT2D eigenvalue weighted by Gasteiger charge is 2.21. The zero-order valence-electron chi connectivity index (χ0n) is 16.1. The van der Waals surface area contributed by atoms with Gasteiger partial charge in [-0.1, -0.05) is 48.5 Å². The Balaban J connectivity index is 1.60. The zero-order valence-corrected chi connectivity index (χ0v) is 16.1. The van der Waals surface area contributed by atoms with Crippen LogP contribution in [0.2, 0.25) is 0 Å². The van der Waals surface area contributed by atoms with Crippen molar-refractivity contribution in [3.8, 4) is 16.9 Å². The fourth-order valence-electron chi connectivity index (χ4n) is 2.93. The molecule has 4 aromatic rings. The normalized spacial score (nSPS) is 10.6. The number of aromatic nitrogens is 2. The van der Waals surface area contributed by atoms with Gasteiger partial charge in [-0.2, -0.15) is 5.10 Å². The molecular weight excluding hydrogens is 384 g/mol. The van der Waals surface area contributed by atoms with E-state index in [-0.39, 0.29) is 12.4 Å². The largest absolute Gasteiger partial charge is 0.463 e. The predicted molar refractivity (Wildman–Crippen MR) is 108 cm³/mol. The molecule has 0 amide bonds. The summed E-state index contributed by atoms with van der Waals surface area (Å²) in [6.45, 7) is -0.124. The maximum Gasteiger partial charge on any atom is 0.373 e. The maximum absolute atomic E-state index is 12.8. The second-order valence-corrected chi connectivity index (χ2v) is 6.37. The van der Waals surface area contributed by atoms with Crippen LogP contribution in [-0.2, 0) is 16.1 Å². The number of nitrogens with zero attached hydrogens (tertiary/aromatic N) is 2. The average molecular weight is 402 g/mol. The number of methoxy groups -OCH3 is 1. The van der Waals surface area contributed by atoms with Crippen molar-refractivity contribution in [2.75, 3.05) is 7.11 Å². The summed E-state index contributed by atoms with van der Waals surface area (Å²) in [4.78, 5) is 24.3. The van der Waals surface area contributed by atoms with E-state index in [2.05, 4.69) is 9.84 Å². The van der Waals surface area contributed by atoms with Gasteiger partial charge in [-0.05, 0) is 24.3 Å². The van der Waals surface area contributed by atoms with Crippen LogP contribution in [0.5, 0.6) is 0 Å². The van der Waals surface area contributed by atoms with Crippen molar-refractivity contribution in [2.24, 2.45) is 0 Å². The van der Waals surface area contributed by atoms with E-state index in [1.165, 1.54) is 13.2 Å². The van der Waals surface area contributed by atoms with E-state index < -0.39 is 11.9 Å². The number of esters is 2. The molecule has 0 saturated heterocycles. The molecule has 30 heavy (non-hydrogen) atoms. The quantitative estimate of drug-likeness (QED) is 0.448. The highest BCUT2D eigenvalue weighted by Crippen LogP contribution is 2.25. The van der Waals surface area contributed by atoms with Crippen molar-refractivity contribution in [3.63, 3.8) is 0 Å². The molecule has 0 radical (unpaired) electrons. The Bertz CT molecular complexity index is 1160. The Morgan fingerprint density at radius 3 is 2.33 bits per heavy atom. The summed E-state index contributed by atoms with van der Waals surface area (Å²) in [5.74, 6) is -0.763. The number of hydrogen-bond donors (Lipinski definition) is 0. The van der Waals surface area contributed by atoms with Gasteiger partial charge in [0.2, 0.25) is 5.76 Å². The molecule has 2 aromatic heterocycles. The first-order valence-corrected chi connectivity index (χ1v) is 9.20. The van der Waals surface area contributed by atoms with E-state index in [0.29, 0.717) is 17.0 Å². The van der Waals surface area contributed by atoms with Crippen LogP contribution in [-0.4, -0.2) is 28.8 Å². The number of furan rings is 1. The predicted octanol–water partition coefficient (Wildman–Crippen LogP) is 4.28. The Hall–Kier alpha value is -4.13. The van der Waals surface area contributed by atoms with E-state index >= 15 is 0 Å². The van der Waals surface area contributed by atoms with Crippen LogP contribution in [0.1, 0.15) is 26.7 Å². The number of rotatable bonds is 6. The van der Waals surface area contributed by atoms with Crippen LogP contribution in [0.25, 0.3) is 16.9 Å². The number of ether oxygens (including phenoxy) is 2. The van der Waals surface area contributed by atoms with Gasteiger partial charge >= 0.3 is 11.9 Å². The smallest absolute Gasteiger partial charge is 0.373 e. The molecular formula is C23H18N2O5. The summed E-state index contributed by atoms with van der Waals surface area (Å²) in [5.41, 5.74) is 2.46. The summed E-state index contributed by atoms with van der Waals surface area (Å²) >= 11 is 0. The third kappa shape index (κ3) is 4.00. The van der Waals surface area contributed by atoms with Crippen molar-refractivity contribution in [1.82, 2.24) is 9.78 Å². The van der Waals surface area contributed by atoms with E-state index in [1.807, 2.05) is 60.7 Å². The van der Waals surface area contributed by atoms with Crippen LogP contribution < -0.4 is 0 Å². The van der Waals surface area contributed by atoms with Crippen molar-refractivity contribution in [2.45, 2.75) is 6.61 Å². The third-order valence-corrected chi connectivity index (χ3v) is 4.40. The molecule has 0 saturated carbocycles. The Morgan fingerprint density at radius 1 is 0.933 bits per heavy atom. The third-order valence-electron chi connectivity index (χ3n) is 4.40. The Labute approximate surface area is 172 Å². The van der Waals surface area contributed by atoms with Gasteiger partial charge in [0.1, 0.15) is 23.6 Å². The second kappa shape index (κ2) is 8.48. The van der Waals surface area contributed by atoms with Crippen LogP contribution in [0.4, 0.5) is 0 Å². The summed E-state index contributed by atoms with van der Waals surface area (Å²) in [6, 6.07) is 21.9. The SMILES string of the molecule is COC(=O)c1ccc(COC(=O)c2cn(-c3ccccc3)nc2-c2ccccc2)o1. The van der Waals surface area contributed by atoms with E-state index in [4.69, 9.17) is 9.15 Å². The van der Waals surface area contributed by atoms with Gasteiger partial charge in [0, 0.05) is 11.8 Å². The van der Waals surface area contributed by atoms with Gasteiger partial charge in [-0.25, -0.2) is 14.3 Å². The van der Waals surface area contributed by atoms with Gasteiger partial charge in [0.25, 0.3) is 0 Å². The number of para-hydroxylation sites is 1. The lowest BCUT2D eigenvalue weighted by molar-refractivity contribution is 0.0439. The molecule has 150 valence electrons. The van der Waals surface area contributed by atoms with Crippen molar-refractivity contribution in [3.05, 3.63) is 96.1 Å². The minimum Gasteiger partial charge on any atom is -0.463 e. The molecule has 0 fully saturated rings. The molecule has 2 aromatic carbocycles. The molecule has 4 rings (SSSR count). The molecule has 2 heterocycles. The maximum atomic E-state index is 12.8. The molecule has 0 atom stereocenters. The highest BCUT2D eigenvalue weighted by atomic mass is 16.6. The monoisotopic (exact) mass is 402 g/mol. The minimum absolute atomic E-state index is 0.0467. The summed E-state index contributed by atoms with van der Waals surface area (Å²) < 4.78 is 17.0. The Kier molecular flexibility index (Phi) is 5.43. The standard InChI is InChI=1S/C23H18N2O5/c1-28-23(27)20-13-12-18(30-20)15-29-22(26)19-14-25(17-10-6-3-7-11-17)24-21(19)16-8-4-2-5-9-16/h2-14H,15H2,1H3. The van der Waals surface area contributed by atoms with Crippen LogP contribution in [0.3, 0.4) is 0 Å². The zero-order chi connectivity index (χ0) is 20.9. The van der Waals surface area contributed by atoms with E-state index in [1.54, 1.807) is 16.9 Å². The average Bonchev–Trinajstić information content (AvgIpc) is 3.46. The molecule has 0 unspecified atom stereocenters. The molecule has 0 spiro atoms. The fourth-order valence-corrected chi connectivity index (χ4v) is 2.93. The van der Waals surface area contributed by atoms with E-state index in [0.717, 1.165) is 11.3 Å². The lowest BCUT2D eigenvalue weighted by Crippen LogP contribution is -2.05. The topological polar surface area (TPSA) is 83.6 Å². The van der Waals surface area contributed by atoms with Gasteiger partial charge in [0.15, 0.2) is 0 Å². The minimum atomic E-state index is -0.594. The number of carbonyl (C=O) groups is 2. The molecule has 0 aliphatic heterocycles. The van der Waals surface area contributed by atoms with Crippen molar-refractivity contribution in [1.29, 1.82) is 0 Å². The van der Waals surface area contributed by atoms with Crippen LogP contribution in [0, 0.1) is 0 Å². The van der Waals surface area contributed by atoms with Crippen molar-refractivity contribution < 1.29 is 23.5 Å². The first-order chi connectivity index (χ1) is 14.7. The molecule has 7 heteroatoms. The van der Waals surface area contributed by atoms with Crippen molar-refractivity contribution >= 4 is 11.9 Å². The molecule has 0 N–H and O–H groups in total. The summed E-state index contributed by atoms with van der Waals surface area (Å²) in [7, 11) is 1.26. The highest BCUT2D eigenvalue weighted by molar-refractivity contribution is 5.96. The number of benzene rings is 2. The molecule has 0 aliphatic rings. The summed E-state index contributed by atoms with van der Waals surface area (Å²) in [5, 5.41) is 4.60. The second-order valence-electron chi connectivity index (χ2n) is 6.37. The van der Waals surface area contributed by atoms with E-state index in [9.17, 15) is 9.59 Å². The van der Waals surface area contributed by atoms with Crippen LogP contribution >= 0.6 is 0 Å². The van der Waals surface area contributed by atoms with Gasteiger partial charge in [-0.15, -0.1) is 0 Å². The lowest BCUT2D eigenvalue weighted by atomic mass is 10.1. The van der Waals surface area contributed by atoms with Gasteiger partial charge in [0.05, 0.1) is 12.8 Å².